The van der Waals surface area contributed by atoms with Crippen molar-refractivity contribution in [1.29, 1.82) is 0 Å². The van der Waals surface area contributed by atoms with Crippen molar-refractivity contribution in [2.75, 3.05) is 0 Å². The van der Waals surface area contributed by atoms with Crippen molar-refractivity contribution in [2.24, 2.45) is 0 Å². The molecule has 0 atom stereocenters. The molecular weight excluding hydrogens is 180 g/mol. The van der Waals surface area contributed by atoms with Gasteiger partial charge in [0.05, 0.1) is 0 Å². The SMILES string of the molecule is C1=Cc2ccccc2CC1.CC.CCC. The standard InChI is InChI=1S/C10H10.C3H8.C2H6/c1-2-6-10-8-4-3-7-9(10)5-1;1-3-2;1-2/h1-3,5-7H,4,8H2;3H2,1-2H3;1-2H3. The van der Waals surface area contributed by atoms with Crippen LogP contribution in [0.3, 0.4) is 0 Å². The van der Waals surface area contributed by atoms with Crippen LogP contribution in [0.2, 0.25) is 0 Å². The smallest absolute Gasteiger partial charge is 0.0228 e. The topological polar surface area (TPSA) is 0 Å². The first-order valence-corrected chi connectivity index (χ1v) is 6.13. The molecule has 1 aromatic carbocycles. The minimum atomic E-state index is 1.21. The second-order valence-corrected chi connectivity index (χ2v) is 3.35. The van der Waals surface area contributed by atoms with E-state index in [2.05, 4.69) is 50.3 Å². The second kappa shape index (κ2) is 9.51. The van der Waals surface area contributed by atoms with E-state index < -0.39 is 0 Å². The lowest BCUT2D eigenvalue weighted by atomic mass is 9.98. The van der Waals surface area contributed by atoms with Crippen LogP contribution in [0, 0.1) is 0 Å². The van der Waals surface area contributed by atoms with Crippen LogP contribution in [-0.2, 0) is 6.42 Å². The first-order chi connectivity index (χ1) is 7.38. The zero-order valence-electron chi connectivity index (χ0n) is 10.6. The minimum Gasteiger partial charge on any atom is -0.0836 e. The number of fused-ring (bicyclic) bond motifs is 1. The summed E-state index contributed by atoms with van der Waals surface area (Å²) in [4.78, 5) is 0. The van der Waals surface area contributed by atoms with Crippen LogP contribution >= 0.6 is 0 Å². The third kappa shape index (κ3) is 5.41. The molecule has 0 amide bonds. The Hall–Kier alpha value is -1.04. The van der Waals surface area contributed by atoms with Gasteiger partial charge in [-0.25, -0.2) is 0 Å². The van der Waals surface area contributed by atoms with Crippen molar-refractivity contribution < 1.29 is 0 Å². The largest absolute Gasteiger partial charge is 0.0836 e. The van der Waals surface area contributed by atoms with E-state index in [0.717, 1.165) is 0 Å². The first kappa shape index (κ1) is 14.0. The highest BCUT2D eigenvalue weighted by molar-refractivity contribution is 5.55. The van der Waals surface area contributed by atoms with E-state index in [4.69, 9.17) is 0 Å². The molecule has 0 aliphatic heterocycles. The maximum Gasteiger partial charge on any atom is -0.0228 e. The molecule has 0 spiro atoms. The third-order valence-electron chi connectivity index (χ3n) is 1.93. The van der Waals surface area contributed by atoms with Crippen LogP contribution in [0.5, 0.6) is 0 Å². The quantitative estimate of drug-likeness (QED) is 0.552. The lowest BCUT2D eigenvalue weighted by molar-refractivity contribution is 0.986. The van der Waals surface area contributed by atoms with Gasteiger partial charge < -0.3 is 0 Å². The highest BCUT2D eigenvalue weighted by Gasteiger charge is 2.00. The number of rotatable bonds is 0. The van der Waals surface area contributed by atoms with Gasteiger partial charge in [-0.15, -0.1) is 0 Å². The van der Waals surface area contributed by atoms with Gasteiger partial charge in [-0.3, -0.25) is 0 Å². The predicted molar refractivity (Wildman–Crippen MR) is 71.1 cm³/mol. The van der Waals surface area contributed by atoms with Gasteiger partial charge in [0.25, 0.3) is 0 Å². The fourth-order valence-electron chi connectivity index (χ4n) is 1.37. The molecule has 0 saturated heterocycles. The lowest BCUT2D eigenvalue weighted by Crippen LogP contribution is -1.91. The molecule has 0 N–H and O–H groups in total. The monoisotopic (exact) mass is 204 g/mol. The van der Waals surface area contributed by atoms with Gasteiger partial charge in [-0.05, 0) is 24.0 Å². The fraction of sp³-hybridized carbons (Fsp3) is 0.467. The molecule has 1 aliphatic rings. The van der Waals surface area contributed by atoms with Gasteiger partial charge in [-0.2, -0.15) is 0 Å². The first-order valence-electron chi connectivity index (χ1n) is 6.13. The summed E-state index contributed by atoms with van der Waals surface area (Å²) in [7, 11) is 0. The third-order valence-corrected chi connectivity index (χ3v) is 1.93. The molecule has 15 heavy (non-hydrogen) atoms. The van der Waals surface area contributed by atoms with Gasteiger partial charge in [0.1, 0.15) is 0 Å². The fourth-order valence-corrected chi connectivity index (χ4v) is 1.37. The highest BCUT2D eigenvalue weighted by Crippen LogP contribution is 2.17. The van der Waals surface area contributed by atoms with Crippen LogP contribution in [0.4, 0.5) is 0 Å². The van der Waals surface area contributed by atoms with E-state index in [0.29, 0.717) is 0 Å². The number of aryl methyl sites for hydroxylation is 1. The Kier molecular flexibility index (Phi) is 8.85. The number of hydrogen-bond acceptors (Lipinski definition) is 0. The summed E-state index contributed by atoms with van der Waals surface area (Å²) < 4.78 is 0. The minimum absolute atomic E-state index is 1.21. The van der Waals surface area contributed by atoms with Crippen LogP contribution in [0.25, 0.3) is 6.08 Å². The molecule has 0 radical (unpaired) electrons. The van der Waals surface area contributed by atoms with Gasteiger partial charge >= 0.3 is 0 Å². The maximum absolute atomic E-state index is 2.24. The zero-order chi connectivity index (χ0) is 11.5. The molecule has 0 unspecified atom stereocenters. The molecule has 1 aromatic rings. The molecule has 0 heterocycles. The normalized spacial score (nSPS) is 11.5. The summed E-state index contributed by atoms with van der Waals surface area (Å²) in [6, 6.07) is 8.58. The molecule has 0 nitrogen and oxygen atoms in total. The Morgan fingerprint density at radius 3 is 2.27 bits per heavy atom. The molecule has 0 fully saturated rings. The molecule has 2 rings (SSSR count). The second-order valence-electron chi connectivity index (χ2n) is 3.35. The van der Waals surface area contributed by atoms with E-state index in [1.54, 1.807) is 0 Å². The Morgan fingerprint density at radius 2 is 1.67 bits per heavy atom. The molecule has 0 bridgehead atoms. The maximum atomic E-state index is 2.24. The van der Waals surface area contributed by atoms with Gasteiger partial charge in [0, 0.05) is 0 Å². The summed E-state index contributed by atoms with van der Waals surface area (Å²) in [5.74, 6) is 0. The van der Waals surface area contributed by atoms with Crippen LogP contribution < -0.4 is 0 Å². The number of allylic oxidation sites excluding steroid dienone is 1. The number of benzene rings is 1. The van der Waals surface area contributed by atoms with Gasteiger partial charge in [0.2, 0.25) is 0 Å². The van der Waals surface area contributed by atoms with Crippen molar-refractivity contribution in [1.82, 2.24) is 0 Å². The molecule has 0 saturated carbocycles. The summed E-state index contributed by atoms with van der Waals surface area (Å²) in [5.41, 5.74) is 2.89. The molecule has 0 aromatic heterocycles. The van der Waals surface area contributed by atoms with E-state index in [1.165, 1.54) is 30.4 Å². The van der Waals surface area contributed by atoms with Gasteiger partial charge in [0.15, 0.2) is 0 Å². The summed E-state index contributed by atoms with van der Waals surface area (Å²) in [5, 5.41) is 0. The van der Waals surface area contributed by atoms with Crippen molar-refractivity contribution in [3.05, 3.63) is 41.5 Å². The summed E-state index contributed by atoms with van der Waals surface area (Å²) >= 11 is 0. The van der Waals surface area contributed by atoms with Crippen molar-refractivity contribution in [2.45, 2.75) is 47.0 Å². The van der Waals surface area contributed by atoms with Crippen LogP contribution in [-0.4, -0.2) is 0 Å². The van der Waals surface area contributed by atoms with Crippen molar-refractivity contribution in [3.63, 3.8) is 0 Å². The van der Waals surface area contributed by atoms with E-state index in [9.17, 15) is 0 Å². The van der Waals surface area contributed by atoms with Crippen LogP contribution in [0.15, 0.2) is 30.3 Å². The van der Waals surface area contributed by atoms with Crippen molar-refractivity contribution >= 4 is 6.08 Å². The van der Waals surface area contributed by atoms with Crippen molar-refractivity contribution in [3.8, 4) is 0 Å². The molecule has 0 heteroatoms. The average Bonchev–Trinajstić information content (AvgIpc) is 2.33. The van der Waals surface area contributed by atoms with E-state index in [1.807, 2.05) is 13.8 Å². The summed E-state index contributed by atoms with van der Waals surface area (Å²) in [6.07, 6.45) is 8.12. The van der Waals surface area contributed by atoms with E-state index in [-0.39, 0.29) is 0 Å². The van der Waals surface area contributed by atoms with Gasteiger partial charge in [-0.1, -0.05) is 70.5 Å². The Balaban J connectivity index is 0.000000342. The lowest BCUT2D eigenvalue weighted by Gasteiger charge is -2.07. The summed E-state index contributed by atoms with van der Waals surface area (Å²) in [6.45, 7) is 8.25. The van der Waals surface area contributed by atoms with E-state index >= 15 is 0 Å². The van der Waals surface area contributed by atoms with Crippen LogP contribution in [0.1, 0.15) is 51.7 Å². The predicted octanol–water partition coefficient (Wildman–Crippen LogP) is 5.09. The molecule has 84 valence electrons. The zero-order valence-corrected chi connectivity index (χ0v) is 10.6. The number of hydrogen-bond donors (Lipinski definition) is 0. The Bertz CT molecular complexity index is 271. The molecule has 1 aliphatic carbocycles. The highest BCUT2D eigenvalue weighted by atomic mass is 14.1. The Morgan fingerprint density at radius 1 is 1.07 bits per heavy atom. The Labute approximate surface area is 95.0 Å². The molecular formula is C15H24. The average molecular weight is 204 g/mol.